The van der Waals surface area contributed by atoms with Crippen molar-refractivity contribution in [2.24, 2.45) is 4.99 Å². The summed E-state index contributed by atoms with van der Waals surface area (Å²) >= 11 is 0. The number of carboxylic acids is 1. The van der Waals surface area contributed by atoms with Crippen molar-refractivity contribution in [2.45, 2.75) is 6.18 Å². The van der Waals surface area contributed by atoms with E-state index < -0.39 is 17.9 Å². The van der Waals surface area contributed by atoms with Gasteiger partial charge in [0.2, 0.25) is 0 Å². The Hall–Kier alpha value is -2.49. The minimum Gasteiger partial charge on any atom is -0.497 e. The topological polar surface area (TPSA) is 58.9 Å². The molecule has 0 amide bonds. The van der Waals surface area contributed by atoms with Gasteiger partial charge in [0.05, 0.1) is 12.8 Å². The Morgan fingerprint density at radius 1 is 1.26 bits per heavy atom. The molecular weight excluding hydrogens is 263 g/mol. The number of carboxylic acid groups (broad SMARTS) is 1. The molecule has 0 unspecified atom stereocenters. The van der Waals surface area contributed by atoms with Gasteiger partial charge in [0, 0.05) is 5.92 Å². The summed E-state index contributed by atoms with van der Waals surface area (Å²) in [5.74, 6) is 1.67. The summed E-state index contributed by atoms with van der Waals surface area (Å²) in [6, 6.07) is 5.45. The Labute approximate surface area is 106 Å². The fourth-order valence-electron chi connectivity index (χ4n) is 1.06. The van der Waals surface area contributed by atoms with Gasteiger partial charge >= 0.3 is 12.1 Å². The zero-order chi connectivity index (χ0) is 14.5. The molecule has 0 fully saturated rings. The van der Waals surface area contributed by atoms with E-state index in [9.17, 15) is 18.0 Å². The molecule has 4 nitrogen and oxygen atoms in total. The molecule has 0 radical (unpaired) electrons. The van der Waals surface area contributed by atoms with E-state index >= 15 is 0 Å². The lowest BCUT2D eigenvalue weighted by Crippen LogP contribution is -2.21. The maximum atomic E-state index is 12.6. The summed E-state index contributed by atoms with van der Waals surface area (Å²) in [5, 5.41) is 8.25. The first-order valence-electron chi connectivity index (χ1n) is 4.88. The maximum absolute atomic E-state index is 12.6. The highest BCUT2D eigenvalue weighted by Crippen LogP contribution is 2.23. The standard InChI is InChI=1S/C12H8F3NO3/c1-19-9-4-2-8(3-5-9)16-10(12(13,14)15)6-7-11(17)18/h2-5H,1H3,(H,17,18). The molecule has 0 aromatic heterocycles. The number of benzene rings is 1. The third-order valence-electron chi connectivity index (χ3n) is 1.87. The molecule has 0 heterocycles. The van der Waals surface area contributed by atoms with Gasteiger partial charge in [-0.25, -0.2) is 9.79 Å². The van der Waals surface area contributed by atoms with Crippen molar-refractivity contribution in [3.8, 4) is 17.6 Å². The van der Waals surface area contributed by atoms with Crippen LogP contribution < -0.4 is 4.74 Å². The largest absolute Gasteiger partial charge is 0.497 e. The second-order valence-electron chi connectivity index (χ2n) is 3.21. The van der Waals surface area contributed by atoms with Crippen LogP contribution in [0.3, 0.4) is 0 Å². The summed E-state index contributed by atoms with van der Waals surface area (Å²) in [6.45, 7) is 0. The number of alkyl halides is 3. The van der Waals surface area contributed by atoms with Gasteiger partial charge in [0.1, 0.15) is 5.75 Å². The summed E-state index contributed by atoms with van der Waals surface area (Å²) in [7, 11) is 1.41. The highest BCUT2D eigenvalue weighted by atomic mass is 19.4. The third-order valence-corrected chi connectivity index (χ3v) is 1.87. The molecule has 1 aromatic rings. The summed E-state index contributed by atoms with van der Waals surface area (Å²) in [6.07, 6.45) is -4.82. The predicted molar refractivity (Wildman–Crippen MR) is 61.6 cm³/mol. The van der Waals surface area contributed by atoms with Crippen molar-refractivity contribution in [3.63, 3.8) is 0 Å². The van der Waals surface area contributed by atoms with Crippen molar-refractivity contribution in [1.29, 1.82) is 0 Å². The molecule has 0 spiro atoms. The zero-order valence-electron chi connectivity index (χ0n) is 9.65. The molecule has 0 saturated heterocycles. The Morgan fingerprint density at radius 3 is 2.26 bits per heavy atom. The molecule has 0 aliphatic heterocycles. The van der Waals surface area contributed by atoms with E-state index in [0.717, 1.165) is 0 Å². The van der Waals surface area contributed by atoms with Crippen molar-refractivity contribution >= 4 is 17.4 Å². The molecule has 0 atom stereocenters. The predicted octanol–water partition coefficient (Wildman–Crippen LogP) is 2.42. The molecule has 19 heavy (non-hydrogen) atoms. The number of rotatable bonds is 2. The van der Waals surface area contributed by atoms with Crippen LogP contribution in [0.2, 0.25) is 0 Å². The van der Waals surface area contributed by atoms with E-state index in [1.165, 1.54) is 43.2 Å². The summed E-state index contributed by atoms with van der Waals surface area (Å²) in [5.41, 5.74) is -1.48. The van der Waals surface area contributed by atoms with Crippen LogP contribution in [0.15, 0.2) is 29.3 Å². The zero-order valence-corrected chi connectivity index (χ0v) is 9.65. The van der Waals surface area contributed by atoms with E-state index in [0.29, 0.717) is 5.75 Å². The van der Waals surface area contributed by atoms with E-state index in [4.69, 9.17) is 9.84 Å². The average molecular weight is 271 g/mol. The fraction of sp³-hybridized carbons (Fsp3) is 0.167. The van der Waals surface area contributed by atoms with Crippen LogP contribution in [-0.4, -0.2) is 30.1 Å². The number of ether oxygens (including phenoxy) is 1. The van der Waals surface area contributed by atoms with Gasteiger partial charge in [-0.1, -0.05) is 0 Å². The van der Waals surface area contributed by atoms with E-state index in [1.54, 1.807) is 0 Å². The second-order valence-corrected chi connectivity index (χ2v) is 3.21. The Kier molecular flexibility index (Phi) is 4.53. The summed E-state index contributed by atoms with van der Waals surface area (Å²) < 4.78 is 42.5. The van der Waals surface area contributed by atoms with Gasteiger partial charge in [-0.3, -0.25) is 0 Å². The number of hydrogen-bond donors (Lipinski definition) is 1. The number of aliphatic imine (C=N–C) groups is 1. The number of halogens is 3. The number of carbonyl (C=O) groups is 1. The van der Waals surface area contributed by atoms with Gasteiger partial charge in [-0.2, -0.15) is 13.2 Å². The Bertz CT molecular complexity index is 550. The average Bonchev–Trinajstić information content (AvgIpc) is 2.33. The quantitative estimate of drug-likeness (QED) is 0.663. The molecule has 1 aromatic carbocycles. The smallest absolute Gasteiger partial charge is 0.441 e. The molecule has 0 aliphatic rings. The van der Waals surface area contributed by atoms with Crippen LogP contribution in [0.5, 0.6) is 5.75 Å². The van der Waals surface area contributed by atoms with Crippen molar-refractivity contribution < 1.29 is 27.8 Å². The minimum absolute atomic E-state index is 0.00665. The van der Waals surface area contributed by atoms with Crippen LogP contribution in [0.4, 0.5) is 18.9 Å². The third kappa shape index (κ3) is 4.71. The fourth-order valence-corrected chi connectivity index (χ4v) is 1.06. The second kappa shape index (κ2) is 5.91. The van der Waals surface area contributed by atoms with E-state index in [2.05, 4.69) is 4.99 Å². The van der Waals surface area contributed by atoms with Gasteiger partial charge in [0.25, 0.3) is 0 Å². The number of methoxy groups -OCH3 is 1. The van der Waals surface area contributed by atoms with Crippen molar-refractivity contribution in [3.05, 3.63) is 24.3 Å². The minimum atomic E-state index is -4.82. The number of aliphatic carboxylic acids is 1. The molecule has 0 saturated carbocycles. The Balaban J connectivity index is 3.13. The van der Waals surface area contributed by atoms with Gasteiger partial charge in [0.15, 0.2) is 5.71 Å². The SMILES string of the molecule is COc1ccc(N=C(C#CC(=O)O)C(F)(F)F)cc1. The Morgan fingerprint density at radius 2 is 1.84 bits per heavy atom. The van der Waals surface area contributed by atoms with E-state index in [-0.39, 0.29) is 5.69 Å². The first-order chi connectivity index (χ1) is 8.82. The normalized spacial score (nSPS) is 11.5. The molecule has 100 valence electrons. The van der Waals surface area contributed by atoms with Crippen molar-refractivity contribution in [2.75, 3.05) is 7.11 Å². The number of hydrogen-bond acceptors (Lipinski definition) is 3. The highest BCUT2D eigenvalue weighted by molar-refractivity contribution is 6.09. The molecule has 1 rings (SSSR count). The van der Waals surface area contributed by atoms with Crippen LogP contribution in [0.1, 0.15) is 0 Å². The lowest BCUT2D eigenvalue weighted by molar-refractivity contribution is -0.130. The molecular formula is C12H8F3NO3. The first kappa shape index (κ1) is 14.6. The van der Waals surface area contributed by atoms with Crippen molar-refractivity contribution in [1.82, 2.24) is 0 Å². The van der Waals surface area contributed by atoms with Gasteiger partial charge in [-0.05, 0) is 30.2 Å². The number of nitrogens with zero attached hydrogens (tertiary/aromatic N) is 1. The molecule has 7 heteroatoms. The maximum Gasteiger partial charge on any atom is 0.441 e. The molecule has 1 N–H and O–H groups in total. The van der Waals surface area contributed by atoms with Crippen LogP contribution in [0.25, 0.3) is 0 Å². The van der Waals surface area contributed by atoms with Crippen LogP contribution in [-0.2, 0) is 4.79 Å². The first-order valence-corrected chi connectivity index (χ1v) is 4.88. The van der Waals surface area contributed by atoms with Gasteiger partial charge < -0.3 is 9.84 Å². The lowest BCUT2D eigenvalue weighted by atomic mass is 10.3. The van der Waals surface area contributed by atoms with Gasteiger partial charge in [-0.15, -0.1) is 0 Å². The molecule has 0 bridgehead atoms. The summed E-state index contributed by atoms with van der Waals surface area (Å²) in [4.78, 5) is 13.4. The molecule has 0 aliphatic carbocycles. The van der Waals surface area contributed by atoms with Crippen LogP contribution >= 0.6 is 0 Å². The van der Waals surface area contributed by atoms with Crippen LogP contribution in [0, 0.1) is 11.8 Å². The highest BCUT2D eigenvalue weighted by Gasteiger charge is 2.35. The monoisotopic (exact) mass is 271 g/mol. The lowest BCUT2D eigenvalue weighted by Gasteiger charge is -2.04. The van der Waals surface area contributed by atoms with E-state index in [1.807, 2.05) is 0 Å².